The van der Waals surface area contributed by atoms with E-state index in [0.717, 1.165) is 0 Å². The van der Waals surface area contributed by atoms with Crippen molar-refractivity contribution in [3.05, 3.63) is 28.8 Å². The highest BCUT2D eigenvalue weighted by atomic mass is 35.5. The molecule has 6 heteroatoms. The summed E-state index contributed by atoms with van der Waals surface area (Å²) in [5.41, 5.74) is 6.05. The first-order valence-electron chi connectivity index (χ1n) is 5.51. The molecule has 0 aliphatic rings. The Bertz CT molecular complexity index is 463. The van der Waals surface area contributed by atoms with Crippen molar-refractivity contribution < 1.29 is 14.7 Å². The van der Waals surface area contributed by atoms with E-state index in [0.29, 0.717) is 12.1 Å². The number of carbonyl (C=O) groups excluding carboxylic acids is 1. The van der Waals surface area contributed by atoms with Gasteiger partial charge in [0.15, 0.2) is 0 Å². The number of primary amides is 1. The first-order chi connectivity index (χ1) is 8.43. The molecule has 0 saturated carbocycles. The molecule has 1 aromatic rings. The minimum atomic E-state index is -0.866. The molecule has 5 nitrogen and oxygen atoms in total. The third-order valence-electron chi connectivity index (χ3n) is 2.52. The Hall–Kier alpha value is -1.75. The molecule has 1 atom stereocenters. The van der Waals surface area contributed by atoms with E-state index in [9.17, 15) is 9.59 Å². The maximum Gasteiger partial charge on any atom is 0.305 e. The van der Waals surface area contributed by atoms with Crippen molar-refractivity contribution in [2.75, 3.05) is 5.32 Å². The van der Waals surface area contributed by atoms with Crippen LogP contribution in [0.2, 0.25) is 5.02 Å². The Labute approximate surface area is 110 Å². The maximum atomic E-state index is 11.0. The third-order valence-corrected chi connectivity index (χ3v) is 2.83. The molecule has 0 saturated heterocycles. The van der Waals surface area contributed by atoms with Crippen LogP contribution in [-0.2, 0) is 4.79 Å². The van der Waals surface area contributed by atoms with Gasteiger partial charge in [-0.15, -0.1) is 0 Å². The molecule has 1 unspecified atom stereocenters. The lowest BCUT2D eigenvalue weighted by atomic mass is 10.1. The van der Waals surface area contributed by atoms with Gasteiger partial charge >= 0.3 is 5.97 Å². The van der Waals surface area contributed by atoms with Gasteiger partial charge in [0.2, 0.25) is 5.91 Å². The fraction of sp³-hybridized carbons (Fsp3) is 0.333. The minimum Gasteiger partial charge on any atom is -0.481 e. The van der Waals surface area contributed by atoms with E-state index in [4.69, 9.17) is 22.4 Å². The van der Waals surface area contributed by atoms with Gasteiger partial charge in [0.05, 0.1) is 17.0 Å². The Kier molecular flexibility index (Phi) is 4.97. The van der Waals surface area contributed by atoms with Crippen LogP contribution in [0.1, 0.15) is 30.1 Å². The molecule has 0 bridgehead atoms. The van der Waals surface area contributed by atoms with Crippen LogP contribution in [0.25, 0.3) is 0 Å². The number of hydrogen-bond donors (Lipinski definition) is 3. The molecular weight excluding hydrogens is 256 g/mol. The van der Waals surface area contributed by atoms with E-state index in [1.165, 1.54) is 6.07 Å². The number of nitrogens with two attached hydrogens (primary N) is 1. The number of amides is 1. The van der Waals surface area contributed by atoms with Gasteiger partial charge in [-0.1, -0.05) is 18.5 Å². The summed E-state index contributed by atoms with van der Waals surface area (Å²) in [6.07, 6.45) is 0.688. The van der Waals surface area contributed by atoms with Gasteiger partial charge in [0.25, 0.3) is 0 Å². The largest absolute Gasteiger partial charge is 0.481 e. The molecule has 0 fully saturated rings. The molecule has 4 N–H and O–H groups in total. The number of hydrogen-bond acceptors (Lipinski definition) is 3. The van der Waals surface area contributed by atoms with Crippen LogP contribution in [0.4, 0.5) is 5.69 Å². The predicted molar refractivity (Wildman–Crippen MR) is 69.9 cm³/mol. The number of anilines is 1. The highest BCUT2D eigenvalue weighted by molar-refractivity contribution is 6.34. The number of benzene rings is 1. The van der Waals surface area contributed by atoms with Crippen LogP contribution in [-0.4, -0.2) is 23.0 Å². The second-order valence-corrected chi connectivity index (χ2v) is 4.31. The molecule has 0 aliphatic heterocycles. The van der Waals surface area contributed by atoms with Gasteiger partial charge < -0.3 is 16.2 Å². The van der Waals surface area contributed by atoms with E-state index in [1.807, 2.05) is 6.92 Å². The van der Waals surface area contributed by atoms with E-state index in [2.05, 4.69) is 5.32 Å². The summed E-state index contributed by atoms with van der Waals surface area (Å²) in [5, 5.41) is 12.0. The van der Waals surface area contributed by atoms with Crippen molar-refractivity contribution in [3.8, 4) is 0 Å². The van der Waals surface area contributed by atoms with E-state index < -0.39 is 11.9 Å². The molecule has 0 aromatic heterocycles. The highest BCUT2D eigenvalue weighted by Gasteiger charge is 2.12. The molecule has 0 aliphatic carbocycles. The first kappa shape index (κ1) is 14.3. The molecule has 1 aromatic carbocycles. The smallest absolute Gasteiger partial charge is 0.305 e. The zero-order chi connectivity index (χ0) is 13.7. The molecule has 1 rings (SSSR count). The lowest BCUT2D eigenvalue weighted by Gasteiger charge is -2.16. The second kappa shape index (κ2) is 6.26. The summed E-state index contributed by atoms with van der Waals surface area (Å²) in [5.74, 6) is -1.46. The average Bonchev–Trinajstić information content (AvgIpc) is 2.27. The first-order valence-corrected chi connectivity index (χ1v) is 5.89. The van der Waals surface area contributed by atoms with Crippen LogP contribution in [0.5, 0.6) is 0 Å². The van der Waals surface area contributed by atoms with Crippen molar-refractivity contribution in [1.82, 2.24) is 0 Å². The number of carboxylic acids is 1. The van der Waals surface area contributed by atoms with E-state index >= 15 is 0 Å². The summed E-state index contributed by atoms with van der Waals surface area (Å²) in [6, 6.07) is 4.54. The number of aliphatic carboxylic acids is 1. The summed E-state index contributed by atoms with van der Waals surface area (Å²) < 4.78 is 0. The number of nitrogens with one attached hydrogen (secondary N) is 1. The average molecular weight is 271 g/mol. The SMILES string of the molecule is CCC(CC(=O)O)Nc1ccc(C(N)=O)c(Cl)c1. The zero-order valence-electron chi connectivity index (χ0n) is 9.94. The predicted octanol–water partition coefficient (Wildman–Crippen LogP) is 2.10. The topological polar surface area (TPSA) is 92.4 Å². The van der Waals surface area contributed by atoms with Crippen molar-refractivity contribution in [2.45, 2.75) is 25.8 Å². The van der Waals surface area contributed by atoms with Gasteiger partial charge in [0.1, 0.15) is 0 Å². The van der Waals surface area contributed by atoms with Crippen LogP contribution < -0.4 is 11.1 Å². The van der Waals surface area contributed by atoms with Crippen LogP contribution in [0.15, 0.2) is 18.2 Å². The fourth-order valence-corrected chi connectivity index (χ4v) is 1.82. The quantitative estimate of drug-likeness (QED) is 0.738. The molecular formula is C12H15ClN2O3. The molecule has 98 valence electrons. The number of rotatable bonds is 6. The number of carboxylic acid groups (broad SMARTS) is 1. The van der Waals surface area contributed by atoms with Crippen LogP contribution in [0.3, 0.4) is 0 Å². The van der Waals surface area contributed by atoms with E-state index in [1.54, 1.807) is 12.1 Å². The summed E-state index contributed by atoms with van der Waals surface area (Å²) in [6.45, 7) is 1.89. The summed E-state index contributed by atoms with van der Waals surface area (Å²) in [7, 11) is 0. The second-order valence-electron chi connectivity index (χ2n) is 3.91. The van der Waals surface area contributed by atoms with Crippen LogP contribution in [0, 0.1) is 0 Å². The van der Waals surface area contributed by atoms with Gasteiger partial charge in [-0.2, -0.15) is 0 Å². The molecule has 0 radical (unpaired) electrons. The van der Waals surface area contributed by atoms with Crippen molar-refractivity contribution in [2.24, 2.45) is 5.73 Å². The van der Waals surface area contributed by atoms with Gasteiger partial charge in [0, 0.05) is 11.7 Å². The Morgan fingerprint density at radius 2 is 2.17 bits per heavy atom. The number of halogens is 1. The summed E-state index contributed by atoms with van der Waals surface area (Å²) in [4.78, 5) is 21.6. The molecule has 0 spiro atoms. The molecule has 0 heterocycles. The van der Waals surface area contributed by atoms with Crippen molar-refractivity contribution >= 4 is 29.2 Å². The van der Waals surface area contributed by atoms with E-state index in [-0.39, 0.29) is 23.0 Å². The Morgan fingerprint density at radius 1 is 1.50 bits per heavy atom. The number of carbonyl (C=O) groups is 2. The molecule has 1 amide bonds. The zero-order valence-corrected chi connectivity index (χ0v) is 10.7. The normalized spacial score (nSPS) is 11.9. The molecule has 18 heavy (non-hydrogen) atoms. The fourth-order valence-electron chi connectivity index (χ4n) is 1.55. The lowest BCUT2D eigenvalue weighted by molar-refractivity contribution is -0.137. The van der Waals surface area contributed by atoms with Crippen molar-refractivity contribution in [1.29, 1.82) is 0 Å². The third kappa shape index (κ3) is 3.92. The van der Waals surface area contributed by atoms with Crippen LogP contribution >= 0.6 is 11.6 Å². The monoisotopic (exact) mass is 270 g/mol. The lowest BCUT2D eigenvalue weighted by Crippen LogP contribution is -2.22. The van der Waals surface area contributed by atoms with Crippen molar-refractivity contribution in [3.63, 3.8) is 0 Å². The minimum absolute atomic E-state index is 0.0195. The maximum absolute atomic E-state index is 11.0. The Balaban J connectivity index is 2.81. The van der Waals surface area contributed by atoms with Gasteiger partial charge in [-0.3, -0.25) is 9.59 Å². The van der Waals surface area contributed by atoms with Gasteiger partial charge in [-0.25, -0.2) is 0 Å². The highest BCUT2D eigenvalue weighted by Crippen LogP contribution is 2.22. The summed E-state index contributed by atoms with van der Waals surface area (Å²) >= 11 is 5.90. The standard InChI is InChI=1S/C12H15ClN2O3/c1-2-7(6-11(16)17)15-8-3-4-9(12(14)18)10(13)5-8/h3-5,7,15H,2,6H2,1H3,(H2,14,18)(H,16,17). The van der Waals surface area contributed by atoms with Gasteiger partial charge in [-0.05, 0) is 24.6 Å². The Morgan fingerprint density at radius 3 is 2.61 bits per heavy atom.